The Hall–Kier alpha value is -4.13. The van der Waals surface area contributed by atoms with Crippen molar-refractivity contribution in [3.8, 4) is 5.75 Å². The Labute approximate surface area is 178 Å². The summed E-state index contributed by atoms with van der Waals surface area (Å²) in [6.07, 6.45) is 1.63. The molecule has 1 fully saturated rings. The number of carbonyl (C=O) groups excluding carboxylic acids is 2. The fourth-order valence-electron chi connectivity index (χ4n) is 3.51. The van der Waals surface area contributed by atoms with Crippen molar-refractivity contribution in [2.45, 2.75) is 13.0 Å². The fourth-order valence-corrected chi connectivity index (χ4v) is 3.51. The normalized spacial score (nSPS) is 17.7. The van der Waals surface area contributed by atoms with E-state index >= 15 is 0 Å². The first-order valence-corrected chi connectivity index (χ1v) is 9.64. The number of hydrogen-bond acceptors (Lipinski definition) is 6. The number of anilines is 1. The lowest BCUT2D eigenvalue weighted by molar-refractivity contribution is -0.132. The SMILES string of the molecule is C=CCOc1ccc(/C(O)=C2/C(=O)C(=O)N(c3cc(C)on3)C2c2ccccc2)cc1. The van der Waals surface area contributed by atoms with Crippen LogP contribution in [0.15, 0.2) is 83.4 Å². The molecule has 1 N–H and O–H groups in total. The predicted octanol–water partition coefficient (Wildman–Crippen LogP) is 4.17. The number of aliphatic hydroxyl groups excluding tert-OH is 1. The predicted molar refractivity (Wildman–Crippen MR) is 115 cm³/mol. The highest BCUT2D eigenvalue weighted by Gasteiger charge is 2.48. The van der Waals surface area contributed by atoms with Crippen LogP contribution in [0.1, 0.15) is 22.9 Å². The molecule has 7 heteroatoms. The van der Waals surface area contributed by atoms with Crippen molar-refractivity contribution in [2.75, 3.05) is 11.5 Å². The molecule has 2 aromatic carbocycles. The Bertz CT molecular complexity index is 1160. The summed E-state index contributed by atoms with van der Waals surface area (Å²) in [6, 6.07) is 16.3. The monoisotopic (exact) mass is 416 g/mol. The molecule has 0 aliphatic carbocycles. The van der Waals surface area contributed by atoms with Gasteiger partial charge in [0, 0.05) is 11.6 Å². The minimum Gasteiger partial charge on any atom is -0.507 e. The van der Waals surface area contributed by atoms with E-state index in [1.807, 2.05) is 6.07 Å². The average Bonchev–Trinajstić information content (AvgIpc) is 3.33. The maximum absolute atomic E-state index is 13.0. The molecular weight excluding hydrogens is 396 g/mol. The van der Waals surface area contributed by atoms with Gasteiger partial charge in [0.1, 0.15) is 23.9 Å². The first-order chi connectivity index (χ1) is 15.0. The molecule has 1 atom stereocenters. The lowest BCUT2D eigenvalue weighted by Crippen LogP contribution is -2.29. The van der Waals surface area contributed by atoms with Gasteiger partial charge >= 0.3 is 5.91 Å². The highest BCUT2D eigenvalue weighted by Crippen LogP contribution is 2.41. The van der Waals surface area contributed by atoms with Crippen molar-refractivity contribution >= 4 is 23.3 Å². The number of hydrogen-bond donors (Lipinski definition) is 1. The topological polar surface area (TPSA) is 92.9 Å². The zero-order valence-corrected chi connectivity index (χ0v) is 16.8. The van der Waals surface area contributed by atoms with Crippen molar-refractivity contribution in [2.24, 2.45) is 0 Å². The molecule has 1 unspecified atom stereocenters. The van der Waals surface area contributed by atoms with Gasteiger partial charge in [-0.2, -0.15) is 0 Å². The van der Waals surface area contributed by atoms with Gasteiger partial charge in [-0.15, -0.1) is 0 Å². The van der Waals surface area contributed by atoms with Crippen LogP contribution in [0.25, 0.3) is 5.76 Å². The molecule has 1 saturated heterocycles. The Morgan fingerprint density at radius 3 is 2.52 bits per heavy atom. The third kappa shape index (κ3) is 3.73. The van der Waals surface area contributed by atoms with Crippen molar-refractivity contribution < 1.29 is 24.0 Å². The molecule has 1 aliphatic rings. The molecule has 2 heterocycles. The van der Waals surface area contributed by atoms with Gasteiger partial charge < -0.3 is 14.4 Å². The summed E-state index contributed by atoms with van der Waals surface area (Å²) in [5.74, 6) is -0.548. The molecule has 4 rings (SSSR count). The van der Waals surface area contributed by atoms with E-state index < -0.39 is 17.7 Å². The van der Waals surface area contributed by atoms with E-state index in [-0.39, 0.29) is 17.2 Å². The number of ketones is 1. The number of carbonyl (C=O) groups is 2. The number of benzene rings is 2. The van der Waals surface area contributed by atoms with E-state index in [9.17, 15) is 14.7 Å². The summed E-state index contributed by atoms with van der Waals surface area (Å²) in [7, 11) is 0. The third-order valence-corrected chi connectivity index (χ3v) is 4.92. The molecule has 0 bridgehead atoms. The van der Waals surface area contributed by atoms with Crippen LogP contribution >= 0.6 is 0 Å². The van der Waals surface area contributed by atoms with Gasteiger partial charge in [0.2, 0.25) is 0 Å². The van der Waals surface area contributed by atoms with E-state index in [4.69, 9.17) is 9.26 Å². The average molecular weight is 416 g/mol. The number of amides is 1. The number of aryl methyl sites for hydroxylation is 1. The molecule has 3 aromatic rings. The van der Waals surface area contributed by atoms with Crippen LogP contribution in [0.3, 0.4) is 0 Å². The quantitative estimate of drug-likeness (QED) is 0.281. The second kappa shape index (κ2) is 8.31. The molecule has 1 amide bonds. The van der Waals surface area contributed by atoms with Crippen molar-refractivity contribution in [3.05, 3.63) is 95.8 Å². The standard InChI is InChI=1S/C24H20N2O5/c1-3-13-30-18-11-9-17(10-12-18)22(27)20-21(16-7-5-4-6-8-16)26(24(29)23(20)28)19-14-15(2)31-25-19/h3-12,14,21,27H,1,13H2,2H3/b22-20-. The van der Waals surface area contributed by atoms with Crippen LogP contribution in [-0.4, -0.2) is 28.6 Å². The molecule has 0 saturated carbocycles. The zero-order chi connectivity index (χ0) is 22.0. The Morgan fingerprint density at radius 1 is 1.19 bits per heavy atom. The van der Waals surface area contributed by atoms with Gasteiger partial charge in [0.25, 0.3) is 5.78 Å². The second-order valence-corrected chi connectivity index (χ2v) is 7.00. The lowest BCUT2D eigenvalue weighted by atomic mass is 9.95. The van der Waals surface area contributed by atoms with E-state index in [2.05, 4.69) is 11.7 Å². The summed E-state index contributed by atoms with van der Waals surface area (Å²) >= 11 is 0. The fraction of sp³-hybridized carbons (Fsp3) is 0.125. The smallest absolute Gasteiger partial charge is 0.301 e. The molecule has 1 aliphatic heterocycles. The maximum atomic E-state index is 13.0. The molecule has 156 valence electrons. The van der Waals surface area contributed by atoms with Crippen LogP contribution < -0.4 is 9.64 Å². The number of nitrogens with zero attached hydrogens (tertiary/aromatic N) is 2. The van der Waals surface area contributed by atoms with E-state index in [0.717, 1.165) is 0 Å². The Morgan fingerprint density at radius 2 is 1.90 bits per heavy atom. The zero-order valence-electron chi connectivity index (χ0n) is 16.8. The number of rotatable bonds is 6. The van der Waals surface area contributed by atoms with Crippen LogP contribution in [-0.2, 0) is 9.59 Å². The van der Waals surface area contributed by atoms with Gasteiger partial charge in [-0.05, 0) is 36.8 Å². The molecule has 1 aromatic heterocycles. The van der Waals surface area contributed by atoms with Crippen molar-refractivity contribution in [1.82, 2.24) is 5.16 Å². The molecule has 31 heavy (non-hydrogen) atoms. The maximum Gasteiger partial charge on any atom is 0.301 e. The van der Waals surface area contributed by atoms with E-state index in [1.54, 1.807) is 67.6 Å². The molecule has 7 nitrogen and oxygen atoms in total. The number of aromatic nitrogens is 1. The van der Waals surface area contributed by atoms with Gasteiger partial charge in [-0.25, -0.2) is 0 Å². The van der Waals surface area contributed by atoms with E-state index in [0.29, 0.717) is 29.2 Å². The number of aliphatic hydroxyl groups is 1. The molecular formula is C24H20N2O5. The minimum absolute atomic E-state index is 0.0170. The third-order valence-electron chi connectivity index (χ3n) is 4.92. The van der Waals surface area contributed by atoms with Gasteiger partial charge in [-0.3, -0.25) is 14.5 Å². The van der Waals surface area contributed by atoms with E-state index in [1.165, 1.54) is 4.90 Å². The summed E-state index contributed by atoms with van der Waals surface area (Å²) in [5.41, 5.74) is 1.03. The van der Waals surface area contributed by atoms with Crippen LogP contribution in [0.2, 0.25) is 0 Å². The van der Waals surface area contributed by atoms with Crippen molar-refractivity contribution in [3.63, 3.8) is 0 Å². The summed E-state index contributed by atoms with van der Waals surface area (Å²) in [5, 5.41) is 15.0. The Kier molecular flexibility index (Phi) is 5.41. The molecule has 0 spiro atoms. The second-order valence-electron chi connectivity index (χ2n) is 7.00. The lowest BCUT2D eigenvalue weighted by Gasteiger charge is -2.22. The Balaban J connectivity index is 1.83. The van der Waals surface area contributed by atoms with Gasteiger partial charge in [-0.1, -0.05) is 48.1 Å². The minimum atomic E-state index is -0.845. The summed E-state index contributed by atoms with van der Waals surface area (Å²) in [6.45, 7) is 5.65. The van der Waals surface area contributed by atoms with Crippen LogP contribution in [0, 0.1) is 6.92 Å². The number of Topliss-reactive ketones (excluding diaryl/α,β-unsaturated/α-hetero) is 1. The summed E-state index contributed by atoms with van der Waals surface area (Å²) in [4.78, 5) is 27.2. The first kappa shape index (κ1) is 20.2. The van der Waals surface area contributed by atoms with Crippen LogP contribution in [0.4, 0.5) is 5.82 Å². The summed E-state index contributed by atoms with van der Waals surface area (Å²) < 4.78 is 10.6. The largest absolute Gasteiger partial charge is 0.507 e. The highest BCUT2D eigenvalue weighted by atomic mass is 16.5. The van der Waals surface area contributed by atoms with Crippen LogP contribution in [0.5, 0.6) is 5.75 Å². The molecule has 0 radical (unpaired) electrons. The van der Waals surface area contributed by atoms with Crippen molar-refractivity contribution in [1.29, 1.82) is 0 Å². The number of ether oxygens (including phenoxy) is 1. The van der Waals surface area contributed by atoms with Gasteiger partial charge in [0.15, 0.2) is 5.82 Å². The highest BCUT2D eigenvalue weighted by molar-refractivity contribution is 6.51. The first-order valence-electron chi connectivity index (χ1n) is 9.64. The van der Waals surface area contributed by atoms with Gasteiger partial charge in [0.05, 0.1) is 11.6 Å².